The van der Waals surface area contributed by atoms with Gasteiger partial charge in [-0.1, -0.05) is 52.0 Å². The Hall–Kier alpha value is -4.89. The first-order valence-electron chi connectivity index (χ1n) is 18.2. The lowest BCUT2D eigenvalue weighted by Gasteiger charge is -2.38. The van der Waals surface area contributed by atoms with Gasteiger partial charge in [-0.25, -0.2) is 0 Å². The van der Waals surface area contributed by atoms with E-state index in [4.69, 9.17) is 18.9 Å². The second-order valence-electron chi connectivity index (χ2n) is 14.6. The van der Waals surface area contributed by atoms with Gasteiger partial charge in [-0.05, 0) is 19.9 Å². The van der Waals surface area contributed by atoms with Crippen molar-refractivity contribution < 1.29 is 58.9 Å². The Bertz CT molecular complexity index is 1920. The van der Waals surface area contributed by atoms with Gasteiger partial charge in [0, 0.05) is 79.8 Å². The molecule has 14 heteroatoms. The number of hydrogen-bond acceptors (Lipinski definition) is 13. The van der Waals surface area contributed by atoms with Gasteiger partial charge in [0.2, 0.25) is 0 Å². The van der Waals surface area contributed by atoms with E-state index in [-0.39, 0.29) is 57.6 Å². The van der Waals surface area contributed by atoms with E-state index in [0.717, 1.165) is 0 Å². The number of benzene rings is 2. The number of allylic oxidation sites excluding steroid dienone is 2. The first-order chi connectivity index (χ1) is 25.8. The Balaban J connectivity index is 1.95. The van der Waals surface area contributed by atoms with Gasteiger partial charge in [0.1, 0.15) is 23.4 Å². The van der Waals surface area contributed by atoms with Gasteiger partial charge in [-0.15, -0.1) is 6.58 Å². The summed E-state index contributed by atoms with van der Waals surface area (Å²) >= 11 is 0. The minimum absolute atomic E-state index is 0.0171. The lowest BCUT2D eigenvalue weighted by atomic mass is 9.78. The van der Waals surface area contributed by atoms with Crippen LogP contribution in [-0.4, -0.2) is 87.0 Å². The molecule has 3 aliphatic rings. The number of Topliss-reactive ketones (excluding diaryl/α,β-unsaturated/α-hetero) is 1. The van der Waals surface area contributed by atoms with Gasteiger partial charge in [-0.2, -0.15) is 0 Å². The molecule has 0 radical (unpaired) electrons. The number of aromatic hydroxyl groups is 3. The number of rotatable bonds is 6. The maximum Gasteiger partial charge on any atom is 0.312 e. The standard InChI is InChI=1S/C41H54N2O12/c1-11-16-42-18-26-31-36(49)29-28(35(26)48)30-38(24(7)34(29)47)55-41(9,39(30)50)53-17-15-27(52-10)21(4)37(54-25(8)44)23(6)33(46)22(5)32(45)19(2)13-12-14-20(3)40(51)43-31/h11-15,17,19,21-23,27,32-33,37,42,45-49H,1,16,18H2,2-10H3,(H,43,51)/b13-12-,17-15?,20-14-/t19-,21+,22+,23+,27-,32-,33+,37+,41-/m0/s1. The number of ether oxygens (including phenoxy) is 4. The molecule has 0 saturated heterocycles. The Labute approximate surface area is 321 Å². The molecule has 3 aliphatic heterocycles. The van der Waals surface area contributed by atoms with Crippen LogP contribution < -0.4 is 15.4 Å². The maximum atomic E-state index is 14.3. The lowest BCUT2D eigenvalue weighted by Crippen LogP contribution is -2.46. The molecule has 0 spiro atoms. The first-order valence-corrected chi connectivity index (χ1v) is 18.2. The lowest BCUT2D eigenvalue weighted by molar-refractivity contribution is -0.160. The number of hydrogen-bond donors (Lipinski definition) is 7. The number of amides is 1. The predicted octanol–water partition coefficient (Wildman–Crippen LogP) is 5.03. The first kappa shape index (κ1) is 42.8. The van der Waals surface area contributed by atoms with Crippen molar-refractivity contribution in [3.8, 4) is 23.0 Å². The second-order valence-corrected chi connectivity index (χ2v) is 14.6. The van der Waals surface area contributed by atoms with E-state index in [1.807, 2.05) is 0 Å². The number of methoxy groups -OCH3 is 1. The minimum atomic E-state index is -2.02. The van der Waals surface area contributed by atoms with Crippen molar-refractivity contribution in [2.75, 3.05) is 19.0 Å². The summed E-state index contributed by atoms with van der Waals surface area (Å²) < 4.78 is 23.5. The Kier molecular flexibility index (Phi) is 13.5. The summed E-state index contributed by atoms with van der Waals surface area (Å²) in [7, 11) is 1.43. The monoisotopic (exact) mass is 766 g/mol. The Morgan fingerprint density at radius 2 is 1.67 bits per heavy atom. The van der Waals surface area contributed by atoms with Crippen molar-refractivity contribution in [3.05, 3.63) is 65.5 Å². The van der Waals surface area contributed by atoms with Gasteiger partial charge in [0.15, 0.2) is 5.75 Å². The normalized spacial score (nSPS) is 30.6. The number of carbonyl (C=O) groups is 3. The zero-order valence-corrected chi connectivity index (χ0v) is 32.8. The summed E-state index contributed by atoms with van der Waals surface area (Å²) in [5.74, 6) is -8.14. The number of esters is 1. The smallest absolute Gasteiger partial charge is 0.312 e. The third-order valence-corrected chi connectivity index (χ3v) is 10.7. The summed E-state index contributed by atoms with van der Waals surface area (Å²) in [6.07, 6.45) is 5.16. The zero-order chi connectivity index (χ0) is 41.1. The summed E-state index contributed by atoms with van der Waals surface area (Å²) in [5.41, 5.74) is -0.0963. The van der Waals surface area contributed by atoms with Gasteiger partial charge >= 0.3 is 11.8 Å². The zero-order valence-electron chi connectivity index (χ0n) is 32.8. The molecular formula is C41H54N2O12. The largest absolute Gasteiger partial charge is 0.507 e. The van der Waals surface area contributed by atoms with E-state index >= 15 is 0 Å². The molecule has 5 rings (SSSR count). The number of aliphatic hydroxyl groups excluding tert-OH is 2. The van der Waals surface area contributed by atoms with Crippen LogP contribution in [0.15, 0.2) is 48.8 Å². The average molecular weight is 767 g/mol. The van der Waals surface area contributed by atoms with Crippen molar-refractivity contribution in [1.29, 1.82) is 0 Å². The number of anilines is 1. The van der Waals surface area contributed by atoms with Crippen LogP contribution in [0, 0.1) is 30.6 Å². The van der Waals surface area contributed by atoms with E-state index in [2.05, 4.69) is 17.2 Å². The van der Waals surface area contributed by atoms with E-state index in [9.17, 15) is 39.9 Å². The number of phenols is 3. The molecule has 0 aromatic heterocycles. The van der Waals surface area contributed by atoms with Gasteiger partial charge in [-0.3, -0.25) is 14.4 Å². The molecule has 0 fully saturated rings. The van der Waals surface area contributed by atoms with Gasteiger partial charge in [0.05, 0.1) is 41.2 Å². The molecule has 1 amide bonds. The average Bonchev–Trinajstić information content (AvgIpc) is 3.41. The van der Waals surface area contributed by atoms with E-state index in [1.165, 1.54) is 53.2 Å². The molecule has 0 saturated carbocycles. The van der Waals surface area contributed by atoms with Crippen LogP contribution in [-0.2, 0) is 30.3 Å². The number of carbonyl (C=O) groups excluding carboxylic acids is 3. The fraction of sp³-hybridized carbons (Fsp3) is 0.488. The van der Waals surface area contributed by atoms with Crippen molar-refractivity contribution in [3.63, 3.8) is 0 Å². The van der Waals surface area contributed by atoms with Crippen LogP contribution in [0.5, 0.6) is 23.0 Å². The fourth-order valence-corrected chi connectivity index (χ4v) is 7.26. The van der Waals surface area contributed by atoms with Crippen molar-refractivity contribution in [2.24, 2.45) is 23.7 Å². The van der Waals surface area contributed by atoms with Crippen molar-refractivity contribution in [1.82, 2.24) is 5.32 Å². The van der Waals surface area contributed by atoms with E-state index in [0.29, 0.717) is 0 Å². The highest BCUT2D eigenvalue weighted by Crippen LogP contribution is 2.55. The second kappa shape index (κ2) is 17.3. The van der Waals surface area contributed by atoms with Crippen molar-refractivity contribution in [2.45, 2.75) is 92.1 Å². The molecule has 3 heterocycles. The van der Waals surface area contributed by atoms with Gasteiger partial charge in [0.25, 0.3) is 11.7 Å². The van der Waals surface area contributed by atoms with Crippen LogP contribution in [0.3, 0.4) is 0 Å². The highest BCUT2D eigenvalue weighted by Gasteiger charge is 2.50. The fourth-order valence-electron chi connectivity index (χ4n) is 7.26. The molecular weight excluding hydrogens is 712 g/mol. The van der Waals surface area contributed by atoms with Crippen LogP contribution in [0.25, 0.3) is 10.8 Å². The third-order valence-electron chi connectivity index (χ3n) is 10.7. The Morgan fingerprint density at radius 3 is 2.29 bits per heavy atom. The molecule has 2 aromatic rings. The minimum Gasteiger partial charge on any atom is -0.507 e. The molecule has 0 aliphatic carbocycles. The summed E-state index contributed by atoms with van der Waals surface area (Å²) in [5, 5.41) is 63.0. The molecule has 5 bridgehead atoms. The summed E-state index contributed by atoms with van der Waals surface area (Å²) in [6.45, 7) is 16.4. The van der Waals surface area contributed by atoms with Crippen LogP contribution in [0.1, 0.15) is 70.0 Å². The van der Waals surface area contributed by atoms with E-state index < -0.39 is 88.8 Å². The Morgan fingerprint density at radius 1 is 1.00 bits per heavy atom. The molecule has 300 valence electrons. The third kappa shape index (κ3) is 8.37. The molecule has 55 heavy (non-hydrogen) atoms. The van der Waals surface area contributed by atoms with Crippen LogP contribution >= 0.6 is 0 Å². The highest BCUT2D eigenvalue weighted by atomic mass is 16.7. The van der Waals surface area contributed by atoms with Crippen LogP contribution in [0.4, 0.5) is 5.69 Å². The quantitative estimate of drug-likeness (QED) is 0.0677. The molecule has 2 aromatic carbocycles. The molecule has 14 nitrogen and oxygen atoms in total. The van der Waals surface area contributed by atoms with Gasteiger partial charge < -0.3 is 55.1 Å². The number of ketones is 1. The summed E-state index contributed by atoms with van der Waals surface area (Å²) in [4.78, 5) is 40.1. The topological polar surface area (TPSA) is 213 Å². The van der Waals surface area contributed by atoms with Crippen LogP contribution in [0.2, 0.25) is 0 Å². The molecule has 9 atom stereocenters. The number of fused-ring (bicyclic) bond motifs is 14. The predicted molar refractivity (Wildman–Crippen MR) is 206 cm³/mol. The number of nitrogens with one attached hydrogen (secondary N) is 2. The number of aliphatic hydroxyl groups is 2. The molecule has 0 unspecified atom stereocenters. The highest BCUT2D eigenvalue weighted by molar-refractivity contribution is 6.22. The van der Waals surface area contributed by atoms with Crippen molar-refractivity contribution >= 4 is 34.1 Å². The summed E-state index contributed by atoms with van der Waals surface area (Å²) in [6, 6.07) is 0. The maximum absolute atomic E-state index is 14.3. The SMILES string of the molecule is C=CCNCc1c2c(O)c3c(O)c(C)c4c(c3c1O)C(=O)[C@@](C)(OC=C[C@H](OC)[C@@H](C)[C@@H](OC(C)=O)[C@H](C)[C@H](O)[C@H](C)[C@@H](O)[C@@H](C)/C=C\C=C(\C)C(=O)N2)O4. The number of phenolic OH excluding ortho intramolecular Hbond substituents is 3. The van der Waals surface area contributed by atoms with E-state index in [1.54, 1.807) is 45.9 Å². The molecule has 7 N–H and O–H groups in total.